The Bertz CT molecular complexity index is 1210. The summed E-state index contributed by atoms with van der Waals surface area (Å²) < 4.78 is 0. The number of aryl methyl sites for hydroxylation is 1. The van der Waals surface area contributed by atoms with Crippen molar-refractivity contribution in [1.82, 2.24) is 9.99 Å². The summed E-state index contributed by atoms with van der Waals surface area (Å²) in [6.07, 6.45) is -0.0866. The number of carboxylic acids is 1. The molecule has 152 valence electrons. The third-order valence-electron chi connectivity index (χ3n) is 5.30. The SMILES string of the molecule is Cc1cccc2cc([C@@H]3CC(c4ccccc4)=NN3C(=O)CCC(=O)O)c(=O)[nH]c12. The minimum Gasteiger partial charge on any atom is -0.481 e. The molecule has 1 aliphatic rings. The first-order chi connectivity index (χ1) is 14.4. The molecule has 7 nitrogen and oxygen atoms in total. The van der Waals surface area contributed by atoms with E-state index in [-0.39, 0.29) is 18.4 Å². The first kappa shape index (κ1) is 19.6. The molecule has 3 aromatic rings. The molecule has 0 unspecified atom stereocenters. The van der Waals surface area contributed by atoms with E-state index in [1.54, 1.807) is 6.07 Å². The number of pyridine rings is 1. The summed E-state index contributed by atoms with van der Waals surface area (Å²) in [7, 11) is 0. The van der Waals surface area contributed by atoms with Crippen molar-refractivity contribution in [2.45, 2.75) is 32.2 Å². The summed E-state index contributed by atoms with van der Waals surface area (Å²) in [5.74, 6) is -1.47. The number of hydrazone groups is 1. The van der Waals surface area contributed by atoms with Crippen LogP contribution in [0.1, 0.15) is 42.0 Å². The smallest absolute Gasteiger partial charge is 0.303 e. The van der Waals surface area contributed by atoms with Gasteiger partial charge in [0.2, 0.25) is 5.91 Å². The van der Waals surface area contributed by atoms with Crippen LogP contribution >= 0.6 is 0 Å². The van der Waals surface area contributed by atoms with Crippen molar-refractivity contribution < 1.29 is 14.7 Å². The highest BCUT2D eigenvalue weighted by atomic mass is 16.4. The van der Waals surface area contributed by atoms with Crippen LogP contribution in [-0.4, -0.2) is 32.7 Å². The summed E-state index contributed by atoms with van der Waals surface area (Å²) in [5.41, 5.74) is 3.43. The van der Waals surface area contributed by atoms with Crippen LogP contribution in [0.25, 0.3) is 10.9 Å². The van der Waals surface area contributed by atoms with Gasteiger partial charge in [0.15, 0.2) is 0 Å². The Morgan fingerprint density at radius 2 is 1.90 bits per heavy atom. The average Bonchev–Trinajstić information content (AvgIpc) is 3.18. The van der Waals surface area contributed by atoms with Gasteiger partial charge in [-0.1, -0.05) is 48.5 Å². The van der Waals surface area contributed by atoms with Crippen molar-refractivity contribution in [3.8, 4) is 0 Å². The molecule has 0 saturated carbocycles. The molecule has 2 N–H and O–H groups in total. The van der Waals surface area contributed by atoms with Gasteiger partial charge in [0.1, 0.15) is 0 Å². The Labute approximate surface area is 172 Å². The number of aromatic amines is 1. The van der Waals surface area contributed by atoms with Gasteiger partial charge in [0.25, 0.3) is 5.56 Å². The lowest BCUT2D eigenvalue weighted by Crippen LogP contribution is -2.31. The van der Waals surface area contributed by atoms with Crippen molar-refractivity contribution in [3.05, 3.63) is 81.6 Å². The lowest BCUT2D eigenvalue weighted by Gasteiger charge is -2.21. The molecule has 0 bridgehead atoms. The normalized spacial score (nSPS) is 16.0. The monoisotopic (exact) mass is 403 g/mol. The molecule has 0 spiro atoms. The molecule has 4 rings (SSSR count). The van der Waals surface area contributed by atoms with Gasteiger partial charge >= 0.3 is 5.97 Å². The zero-order valence-corrected chi connectivity index (χ0v) is 16.5. The standard InChI is InChI=1S/C23H21N3O4/c1-14-6-5-9-16-12-17(23(30)24-22(14)16)19-13-18(15-7-3-2-4-8-15)25-26(19)20(27)10-11-21(28)29/h2-9,12,19H,10-11,13H2,1H3,(H,24,30)(H,28,29)/t19-/m0/s1. The number of benzene rings is 2. The summed E-state index contributed by atoms with van der Waals surface area (Å²) in [4.78, 5) is 39.6. The highest BCUT2D eigenvalue weighted by molar-refractivity contribution is 6.03. The number of rotatable bonds is 5. The molecule has 0 fully saturated rings. The second kappa shape index (κ2) is 7.94. The minimum atomic E-state index is -1.05. The molecule has 2 aromatic carbocycles. The molecule has 1 amide bonds. The van der Waals surface area contributed by atoms with Crippen LogP contribution in [0.3, 0.4) is 0 Å². The molecule has 7 heteroatoms. The van der Waals surface area contributed by atoms with E-state index in [0.717, 1.165) is 22.0 Å². The number of aromatic nitrogens is 1. The van der Waals surface area contributed by atoms with Gasteiger partial charge in [-0.2, -0.15) is 5.10 Å². The second-order valence-electron chi connectivity index (χ2n) is 7.36. The minimum absolute atomic E-state index is 0.179. The van der Waals surface area contributed by atoms with Crippen molar-refractivity contribution in [3.63, 3.8) is 0 Å². The van der Waals surface area contributed by atoms with Gasteiger partial charge in [-0.25, -0.2) is 5.01 Å². The van der Waals surface area contributed by atoms with E-state index in [1.165, 1.54) is 5.01 Å². The molecule has 0 saturated heterocycles. The van der Waals surface area contributed by atoms with E-state index in [0.29, 0.717) is 17.7 Å². The molecule has 2 heterocycles. The number of amides is 1. The maximum atomic E-state index is 12.9. The van der Waals surface area contributed by atoms with E-state index in [1.807, 2.05) is 55.5 Å². The van der Waals surface area contributed by atoms with Crippen LogP contribution < -0.4 is 5.56 Å². The van der Waals surface area contributed by atoms with Crippen molar-refractivity contribution in [2.75, 3.05) is 0 Å². The van der Waals surface area contributed by atoms with Gasteiger partial charge in [0, 0.05) is 18.4 Å². The van der Waals surface area contributed by atoms with Crippen LogP contribution in [0.15, 0.2) is 64.5 Å². The zero-order valence-electron chi connectivity index (χ0n) is 16.5. The number of fused-ring (bicyclic) bond motifs is 1. The topological polar surface area (TPSA) is 103 Å². The average molecular weight is 403 g/mol. The number of carboxylic acid groups (broad SMARTS) is 1. The number of nitrogens with zero attached hydrogens (tertiary/aromatic N) is 2. The van der Waals surface area contributed by atoms with Gasteiger partial charge in [-0.15, -0.1) is 0 Å². The molecule has 1 aromatic heterocycles. The molecule has 0 aliphatic carbocycles. The Balaban J connectivity index is 1.76. The summed E-state index contributed by atoms with van der Waals surface area (Å²) in [6.45, 7) is 1.92. The molecule has 1 atom stereocenters. The third kappa shape index (κ3) is 3.74. The third-order valence-corrected chi connectivity index (χ3v) is 5.30. The Hall–Kier alpha value is -3.74. The first-order valence-corrected chi connectivity index (χ1v) is 9.73. The number of hydrogen-bond donors (Lipinski definition) is 2. The van der Waals surface area contributed by atoms with Crippen LogP contribution in [0, 0.1) is 6.92 Å². The Morgan fingerprint density at radius 1 is 1.13 bits per heavy atom. The predicted molar refractivity (Wildman–Crippen MR) is 113 cm³/mol. The number of nitrogens with one attached hydrogen (secondary N) is 1. The maximum absolute atomic E-state index is 12.9. The van der Waals surface area contributed by atoms with E-state index in [9.17, 15) is 14.4 Å². The van der Waals surface area contributed by atoms with Crippen LogP contribution in [0.5, 0.6) is 0 Å². The number of para-hydroxylation sites is 1. The fourth-order valence-corrected chi connectivity index (χ4v) is 3.76. The van der Waals surface area contributed by atoms with Crippen molar-refractivity contribution in [2.24, 2.45) is 5.10 Å². The van der Waals surface area contributed by atoms with Crippen LogP contribution in [0.2, 0.25) is 0 Å². The lowest BCUT2D eigenvalue weighted by atomic mass is 9.97. The van der Waals surface area contributed by atoms with Crippen LogP contribution in [0.4, 0.5) is 0 Å². The highest BCUT2D eigenvalue weighted by Gasteiger charge is 2.34. The van der Waals surface area contributed by atoms with E-state index >= 15 is 0 Å². The fraction of sp³-hybridized carbons (Fsp3) is 0.217. The lowest BCUT2D eigenvalue weighted by molar-refractivity contribution is -0.141. The van der Waals surface area contributed by atoms with Gasteiger partial charge in [-0.05, 0) is 29.5 Å². The van der Waals surface area contributed by atoms with E-state index in [4.69, 9.17) is 5.11 Å². The zero-order chi connectivity index (χ0) is 21.3. The number of hydrogen-bond acceptors (Lipinski definition) is 4. The first-order valence-electron chi connectivity index (χ1n) is 9.73. The Kier molecular flexibility index (Phi) is 5.18. The van der Waals surface area contributed by atoms with Crippen LogP contribution in [-0.2, 0) is 9.59 Å². The van der Waals surface area contributed by atoms with Crippen molar-refractivity contribution in [1.29, 1.82) is 0 Å². The molecule has 1 aliphatic heterocycles. The number of aliphatic carboxylic acids is 1. The maximum Gasteiger partial charge on any atom is 0.303 e. The number of carbonyl (C=O) groups is 2. The second-order valence-corrected chi connectivity index (χ2v) is 7.36. The summed E-state index contributed by atoms with van der Waals surface area (Å²) in [6, 6.07) is 16.4. The number of carbonyl (C=O) groups excluding carboxylic acids is 1. The Morgan fingerprint density at radius 3 is 2.63 bits per heavy atom. The van der Waals surface area contributed by atoms with Crippen molar-refractivity contribution >= 4 is 28.5 Å². The quantitative estimate of drug-likeness (QED) is 0.682. The summed E-state index contributed by atoms with van der Waals surface area (Å²) in [5, 5.41) is 15.6. The molecular formula is C23H21N3O4. The fourth-order valence-electron chi connectivity index (χ4n) is 3.76. The van der Waals surface area contributed by atoms with Gasteiger partial charge < -0.3 is 10.1 Å². The molecule has 0 radical (unpaired) electrons. The van der Waals surface area contributed by atoms with E-state index < -0.39 is 17.9 Å². The predicted octanol–water partition coefficient (Wildman–Crippen LogP) is 3.38. The largest absolute Gasteiger partial charge is 0.481 e. The van der Waals surface area contributed by atoms with Gasteiger partial charge in [0.05, 0.1) is 23.7 Å². The molecule has 30 heavy (non-hydrogen) atoms. The van der Waals surface area contributed by atoms with E-state index in [2.05, 4.69) is 10.1 Å². The molecular weight excluding hydrogens is 382 g/mol. The number of H-pyrrole nitrogens is 1. The summed E-state index contributed by atoms with van der Waals surface area (Å²) >= 11 is 0. The van der Waals surface area contributed by atoms with Gasteiger partial charge in [-0.3, -0.25) is 14.4 Å². The highest BCUT2D eigenvalue weighted by Crippen LogP contribution is 2.33.